The number of nitrogens with zero attached hydrogens (tertiary/aromatic N) is 1. The van der Waals surface area contributed by atoms with E-state index in [-0.39, 0.29) is 11.9 Å². The molecule has 1 aliphatic heterocycles. The molecule has 1 aliphatic rings. The molecule has 1 atom stereocenters. The number of halogens is 1. The van der Waals surface area contributed by atoms with Crippen molar-refractivity contribution in [2.45, 2.75) is 25.6 Å². The molecular weight excluding hydrogens is 296 g/mol. The number of rotatable bonds is 3. The number of hydrogen-bond donors (Lipinski definition) is 1. The normalized spacial score (nSPS) is 16.9. The van der Waals surface area contributed by atoms with Crippen LogP contribution >= 0.6 is 11.6 Å². The summed E-state index contributed by atoms with van der Waals surface area (Å²) < 4.78 is 0. The van der Waals surface area contributed by atoms with Crippen molar-refractivity contribution in [2.75, 3.05) is 7.05 Å². The molecule has 0 saturated carbocycles. The molecule has 0 aliphatic carbocycles. The SMILES string of the molecule is CN(Cc1cccc(Cl)c1)C(=O)C1Cc2ccccc2CN1. The van der Waals surface area contributed by atoms with Crippen molar-refractivity contribution in [1.82, 2.24) is 10.2 Å². The van der Waals surface area contributed by atoms with Gasteiger partial charge >= 0.3 is 0 Å². The molecule has 0 bridgehead atoms. The Bertz CT molecular complexity index is 686. The van der Waals surface area contributed by atoms with Crippen LogP contribution in [0.25, 0.3) is 0 Å². The number of hydrogen-bond acceptors (Lipinski definition) is 2. The maximum Gasteiger partial charge on any atom is 0.240 e. The molecule has 3 nitrogen and oxygen atoms in total. The minimum Gasteiger partial charge on any atom is -0.340 e. The van der Waals surface area contributed by atoms with Crippen molar-refractivity contribution in [3.8, 4) is 0 Å². The van der Waals surface area contributed by atoms with E-state index in [9.17, 15) is 4.79 Å². The molecule has 4 heteroatoms. The molecule has 114 valence electrons. The maximum atomic E-state index is 12.6. The molecule has 2 aromatic rings. The van der Waals surface area contributed by atoms with Gasteiger partial charge in [0.05, 0.1) is 6.04 Å². The second kappa shape index (κ2) is 6.51. The zero-order valence-corrected chi connectivity index (χ0v) is 13.3. The van der Waals surface area contributed by atoms with Gasteiger partial charge in [-0.3, -0.25) is 4.79 Å². The molecule has 1 unspecified atom stereocenters. The third kappa shape index (κ3) is 3.32. The van der Waals surface area contributed by atoms with E-state index >= 15 is 0 Å². The second-order valence-electron chi connectivity index (χ2n) is 5.73. The van der Waals surface area contributed by atoms with Crippen molar-refractivity contribution < 1.29 is 4.79 Å². The Kier molecular flexibility index (Phi) is 4.46. The number of fused-ring (bicyclic) bond motifs is 1. The van der Waals surface area contributed by atoms with E-state index in [0.29, 0.717) is 11.6 Å². The van der Waals surface area contributed by atoms with E-state index in [1.54, 1.807) is 4.90 Å². The zero-order valence-electron chi connectivity index (χ0n) is 12.6. The molecule has 1 N–H and O–H groups in total. The van der Waals surface area contributed by atoms with Crippen molar-refractivity contribution >= 4 is 17.5 Å². The molecule has 3 rings (SSSR count). The van der Waals surface area contributed by atoms with Gasteiger partial charge in [-0.1, -0.05) is 48.0 Å². The molecular formula is C18H19ClN2O. The van der Waals surface area contributed by atoms with Gasteiger partial charge in [-0.15, -0.1) is 0 Å². The highest BCUT2D eigenvalue weighted by Gasteiger charge is 2.26. The summed E-state index contributed by atoms with van der Waals surface area (Å²) >= 11 is 6.00. The van der Waals surface area contributed by atoms with E-state index in [1.807, 2.05) is 43.4 Å². The summed E-state index contributed by atoms with van der Waals surface area (Å²) in [4.78, 5) is 14.4. The molecule has 0 fully saturated rings. The lowest BCUT2D eigenvalue weighted by molar-refractivity contribution is -0.132. The monoisotopic (exact) mass is 314 g/mol. The number of carbonyl (C=O) groups is 1. The quantitative estimate of drug-likeness (QED) is 0.944. The highest BCUT2D eigenvalue weighted by Crippen LogP contribution is 2.18. The van der Waals surface area contributed by atoms with Crippen molar-refractivity contribution in [3.63, 3.8) is 0 Å². The van der Waals surface area contributed by atoms with E-state index in [2.05, 4.69) is 17.4 Å². The third-order valence-electron chi connectivity index (χ3n) is 4.06. The Morgan fingerprint density at radius 3 is 2.77 bits per heavy atom. The van der Waals surface area contributed by atoms with Gasteiger partial charge in [-0.05, 0) is 35.2 Å². The van der Waals surface area contributed by atoms with Crippen LogP contribution in [-0.2, 0) is 24.3 Å². The fourth-order valence-electron chi connectivity index (χ4n) is 2.88. The van der Waals surface area contributed by atoms with Crippen LogP contribution in [0.15, 0.2) is 48.5 Å². The molecule has 1 heterocycles. The Balaban J connectivity index is 1.67. The van der Waals surface area contributed by atoms with E-state index in [1.165, 1.54) is 11.1 Å². The lowest BCUT2D eigenvalue weighted by Crippen LogP contribution is -2.48. The van der Waals surface area contributed by atoms with Crippen LogP contribution in [0.3, 0.4) is 0 Å². The minimum atomic E-state index is -0.154. The van der Waals surface area contributed by atoms with Gasteiger partial charge in [0.15, 0.2) is 0 Å². The highest BCUT2D eigenvalue weighted by atomic mass is 35.5. The van der Waals surface area contributed by atoms with E-state index in [4.69, 9.17) is 11.6 Å². The van der Waals surface area contributed by atoms with Gasteiger partial charge in [-0.2, -0.15) is 0 Å². The van der Waals surface area contributed by atoms with Gasteiger partial charge in [0.2, 0.25) is 5.91 Å². The Morgan fingerprint density at radius 2 is 2.00 bits per heavy atom. The van der Waals surface area contributed by atoms with Gasteiger partial charge < -0.3 is 10.2 Å². The Labute approximate surface area is 135 Å². The number of benzene rings is 2. The zero-order chi connectivity index (χ0) is 15.5. The first kappa shape index (κ1) is 15.1. The van der Waals surface area contributed by atoms with Crippen molar-refractivity contribution in [2.24, 2.45) is 0 Å². The smallest absolute Gasteiger partial charge is 0.240 e. The summed E-state index contributed by atoms with van der Waals surface area (Å²) in [6.07, 6.45) is 0.745. The first-order valence-corrected chi connectivity index (χ1v) is 7.81. The van der Waals surface area contributed by atoms with Crippen molar-refractivity contribution in [1.29, 1.82) is 0 Å². The van der Waals surface area contributed by atoms with Crippen molar-refractivity contribution in [3.05, 3.63) is 70.2 Å². The lowest BCUT2D eigenvalue weighted by Gasteiger charge is -2.29. The van der Waals surface area contributed by atoms with Crippen LogP contribution in [0, 0.1) is 0 Å². The number of amides is 1. The fraction of sp³-hybridized carbons (Fsp3) is 0.278. The third-order valence-corrected chi connectivity index (χ3v) is 4.30. The Morgan fingerprint density at radius 1 is 1.23 bits per heavy atom. The average molecular weight is 315 g/mol. The summed E-state index contributed by atoms with van der Waals surface area (Å²) in [7, 11) is 1.84. The highest BCUT2D eigenvalue weighted by molar-refractivity contribution is 6.30. The molecule has 0 aromatic heterocycles. The molecule has 0 spiro atoms. The topological polar surface area (TPSA) is 32.3 Å². The largest absolute Gasteiger partial charge is 0.340 e. The minimum absolute atomic E-state index is 0.120. The van der Waals surface area contributed by atoms with Gasteiger partial charge in [0.25, 0.3) is 0 Å². The number of nitrogens with one attached hydrogen (secondary N) is 1. The summed E-state index contributed by atoms with van der Waals surface area (Å²) in [5.41, 5.74) is 3.58. The predicted octanol–water partition coefficient (Wildman–Crippen LogP) is 3.01. The summed E-state index contributed by atoms with van der Waals surface area (Å²) in [5, 5.41) is 4.03. The van der Waals surface area contributed by atoms with E-state index < -0.39 is 0 Å². The molecule has 0 radical (unpaired) electrons. The van der Waals surface area contributed by atoms with Crippen LogP contribution in [0.4, 0.5) is 0 Å². The van der Waals surface area contributed by atoms with Gasteiger partial charge in [0.1, 0.15) is 0 Å². The van der Waals surface area contributed by atoms with Crippen LogP contribution in [-0.4, -0.2) is 23.9 Å². The summed E-state index contributed by atoms with van der Waals surface area (Å²) in [6, 6.07) is 15.8. The summed E-state index contributed by atoms with van der Waals surface area (Å²) in [5.74, 6) is 0.120. The Hall–Kier alpha value is -1.84. The van der Waals surface area contributed by atoms with Crippen LogP contribution in [0.2, 0.25) is 5.02 Å². The van der Waals surface area contributed by atoms with Crippen LogP contribution in [0.5, 0.6) is 0 Å². The maximum absolute atomic E-state index is 12.6. The first-order chi connectivity index (χ1) is 10.6. The molecule has 22 heavy (non-hydrogen) atoms. The number of likely N-dealkylation sites (N-methyl/N-ethyl adjacent to an activating group) is 1. The molecule has 0 saturated heterocycles. The second-order valence-corrected chi connectivity index (χ2v) is 6.17. The summed E-state index contributed by atoms with van der Waals surface area (Å²) in [6.45, 7) is 1.32. The average Bonchev–Trinajstić information content (AvgIpc) is 2.53. The standard InChI is InChI=1S/C18H19ClN2O/c1-21(12-13-5-4-8-16(19)9-13)18(22)17-10-14-6-2-3-7-15(14)11-20-17/h2-9,17,20H,10-12H2,1H3. The molecule has 2 aromatic carbocycles. The first-order valence-electron chi connectivity index (χ1n) is 7.43. The number of carbonyl (C=O) groups excluding carboxylic acids is 1. The van der Waals surface area contributed by atoms with Gasteiger partial charge in [0, 0.05) is 25.2 Å². The van der Waals surface area contributed by atoms with Crippen LogP contribution in [0.1, 0.15) is 16.7 Å². The van der Waals surface area contributed by atoms with Gasteiger partial charge in [-0.25, -0.2) is 0 Å². The van der Waals surface area contributed by atoms with Crippen LogP contribution < -0.4 is 5.32 Å². The fourth-order valence-corrected chi connectivity index (χ4v) is 3.09. The van der Waals surface area contributed by atoms with E-state index in [0.717, 1.165) is 18.5 Å². The lowest BCUT2D eigenvalue weighted by atomic mass is 9.95. The predicted molar refractivity (Wildman–Crippen MR) is 88.7 cm³/mol. The molecule has 1 amide bonds.